The number of hydrogen-bond donors (Lipinski definition) is 2. The summed E-state index contributed by atoms with van der Waals surface area (Å²) in [4.78, 5) is 2.00. The molecule has 0 heterocycles. The van der Waals surface area contributed by atoms with E-state index in [9.17, 15) is 0 Å². The molecule has 0 bridgehead atoms. The Balaban J connectivity index is 3.18. The first-order valence-electron chi connectivity index (χ1n) is 3.17. The molecule has 1 radical (unpaired) electrons. The predicted molar refractivity (Wildman–Crippen MR) is 37.9 cm³/mol. The summed E-state index contributed by atoms with van der Waals surface area (Å²) in [5.41, 5.74) is 5.28. The van der Waals surface area contributed by atoms with Crippen LogP contribution in [0.1, 0.15) is 0 Å². The highest BCUT2D eigenvalue weighted by Crippen LogP contribution is 1.82. The van der Waals surface area contributed by atoms with Crippen LogP contribution in [0.4, 0.5) is 0 Å². The predicted octanol–water partition coefficient (Wildman–Crippen LogP) is -0.927. The van der Waals surface area contributed by atoms with Crippen LogP contribution in [0.15, 0.2) is 0 Å². The fraction of sp³-hybridized carbons (Fsp3) is 0.833. The summed E-state index contributed by atoms with van der Waals surface area (Å²) in [7, 11) is 0. The van der Waals surface area contributed by atoms with Gasteiger partial charge in [0, 0.05) is 19.6 Å². The zero-order valence-electron chi connectivity index (χ0n) is 5.71. The molecular formula is C6H15N2O. The van der Waals surface area contributed by atoms with E-state index in [-0.39, 0.29) is 6.61 Å². The second-order valence-corrected chi connectivity index (χ2v) is 1.85. The number of rotatable bonds is 5. The second-order valence-electron chi connectivity index (χ2n) is 1.85. The van der Waals surface area contributed by atoms with Gasteiger partial charge in [-0.3, -0.25) is 4.90 Å². The van der Waals surface area contributed by atoms with Gasteiger partial charge in [-0.1, -0.05) is 0 Å². The van der Waals surface area contributed by atoms with Gasteiger partial charge < -0.3 is 10.8 Å². The van der Waals surface area contributed by atoms with Crippen LogP contribution in [0.3, 0.4) is 0 Å². The highest BCUT2D eigenvalue weighted by molar-refractivity contribution is 4.57. The monoisotopic (exact) mass is 131 g/mol. The van der Waals surface area contributed by atoms with E-state index in [1.807, 2.05) is 4.90 Å². The van der Waals surface area contributed by atoms with E-state index in [1.54, 1.807) is 0 Å². The highest BCUT2D eigenvalue weighted by Gasteiger charge is 1.96. The van der Waals surface area contributed by atoms with E-state index in [1.165, 1.54) is 0 Å². The van der Waals surface area contributed by atoms with Crippen molar-refractivity contribution < 1.29 is 5.11 Å². The molecule has 3 heteroatoms. The molecule has 0 spiro atoms. The number of nitrogens with two attached hydrogens (primary N) is 1. The summed E-state index contributed by atoms with van der Waals surface area (Å²) >= 11 is 0. The van der Waals surface area contributed by atoms with Gasteiger partial charge in [-0.15, -0.1) is 0 Å². The number of hydrogen-bond acceptors (Lipinski definition) is 3. The van der Waals surface area contributed by atoms with E-state index < -0.39 is 0 Å². The number of nitrogens with zero attached hydrogens (tertiary/aromatic N) is 1. The maximum absolute atomic E-state index is 8.48. The molecule has 0 aliphatic rings. The molecule has 0 aliphatic heterocycles. The Morgan fingerprint density at radius 2 is 2.11 bits per heavy atom. The summed E-state index contributed by atoms with van der Waals surface area (Å²) < 4.78 is 0. The molecule has 0 saturated heterocycles. The van der Waals surface area contributed by atoms with Gasteiger partial charge in [-0.2, -0.15) is 0 Å². The summed E-state index contributed by atoms with van der Waals surface area (Å²) in [6, 6.07) is 0. The SMILES string of the molecule is [CH2]CN(CCN)CCO. The standard InChI is InChI=1S/C6H15N2O/c1-2-8(4-3-7)5-6-9/h9H,1-7H2. The Hall–Kier alpha value is -0.120. The molecule has 3 N–H and O–H groups in total. The zero-order valence-corrected chi connectivity index (χ0v) is 5.71. The molecule has 0 rings (SSSR count). The largest absolute Gasteiger partial charge is 0.395 e. The fourth-order valence-corrected chi connectivity index (χ4v) is 0.659. The van der Waals surface area contributed by atoms with Gasteiger partial charge in [0.25, 0.3) is 0 Å². The van der Waals surface area contributed by atoms with Crippen molar-refractivity contribution in [3.8, 4) is 0 Å². The Bertz CT molecular complexity index is 53.0. The van der Waals surface area contributed by atoms with Gasteiger partial charge in [0.05, 0.1) is 6.61 Å². The molecule has 0 fully saturated rings. The Labute approximate surface area is 56.5 Å². The molecule has 0 aromatic carbocycles. The molecule has 0 saturated carbocycles. The van der Waals surface area contributed by atoms with Crippen molar-refractivity contribution in [3.05, 3.63) is 6.92 Å². The molecule has 0 aromatic heterocycles. The van der Waals surface area contributed by atoms with Crippen LogP contribution in [-0.2, 0) is 0 Å². The summed E-state index contributed by atoms with van der Waals surface area (Å²) in [5, 5.41) is 8.48. The van der Waals surface area contributed by atoms with E-state index in [2.05, 4.69) is 6.92 Å². The molecule has 0 aliphatic carbocycles. The average Bonchev–Trinajstić information content (AvgIpc) is 1.88. The van der Waals surface area contributed by atoms with Gasteiger partial charge in [0.1, 0.15) is 0 Å². The van der Waals surface area contributed by atoms with Crippen molar-refractivity contribution in [2.75, 3.05) is 32.8 Å². The van der Waals surface area contributed by atoms with Crippen molar-refractivity contribution in [2.45, 2.75) is 0 Å². The third kappa shape index (κ3) is 4.39. The van der Waals surface area contributed by atoms with Gasteiger partial charge in [0.2, 0.25) is 0 Å². The zero-order chi connectivity index (χ0) is 7.11. The van der Waals surface area contributed by atoms with E-state index >= 15 is 0 Å². The second kappa shape index (κ2) is 6.01. The quantitative estimate of drug-likeness (QED) is 0.507. The Morgan fingerprint density at radius 3 is 2.44 bits per heavy atom. The molecular weight excluding hydrogens is 116 g/mol. The van der Waals surface area contributed by atoms with Crippen LogP contribution in [0.2, 0.25) is 0 Å². The Morgan fingerprint density at radius 1 is 1.44 bits per heavy atom. The van der Waals surface area contributed by atoms with Gasteiger partial charge in [-0.25, -0.2) is 0 Å². The first-order valence-corrected chi connectivity index (χ1v) is 3.17. The Kier molecular flexibility index (Phi) is 5.93. The molecule has 0 amide bonds. The maximum atomic E-state index is 8.48. The molecule has 0 unspecified atom stereocenters. The smallest absolute Gasteiger partial charge is 0.0558 e. The van der Waals surface area contributed by atoms with Crippen LogP contribution >= 0.6 is 0 Å². The van der Waals surface area contributed by atoms with Crippen LogP contribution in [-0.4, -0.2) is 42.8 Å². The molecule has 55 valence electrons. The van der Waals surface area contributed by atoms with E-state index in [0.29, 0.717) is 13.1 Å². The summed E-state index contributed by atoms with van der Waals surface area (Å²) in [6.45, 7) is 6.73. The molecule has 0 atom stereocenters. The van der Waals surface area contributed by atoms with Gasteiger partial charge in [-0.05, 0) is 13.5 Å². The van der Waals surface area contributed by atoms with Gasteiger partial charge in [0.15, 0.2) is 0 Å². The lowest BCUT2D eigenvalue weighted by Gasteiger charge is -2.16. The third-order valence-electron chi connectivity index (χ3n) is 1.18. The van der Waals surface area contributed by atoms with E-state index in [0.717, 1.165) is 13.1 Å². The minimum atomic E-state index is 0.190. The van der Waals surface area contributed by atoms with Crippen molar-refractivity contribution in [2.24, 2.45) is 5.73 Å². The van der Waals surface area contributed by atoms with Crippen molar-refractivity contribution in [1.29, 1.82) is 0 Å². The number of aliphatic hydroxyl groups excluding tert-OH is 1. The van der Waals surface area contributed by atoms with Crippen LogP contribution < -0.4 is 5.73 Å². The van der Waals surface area contributed by atoms with Crippen molar-refractivity contribution in [1.82, 2.24) is 4.90 Å². The van der Waals surface area contributed by atoms with Crippen molar-refractivity contribution >= 4 is 0 Å². The first kappa shape index (κ1) is 8.88. The number of aliphatic hydroxyl groups is 1. The normalized spacial score (nSPS) is 10.7. The van der Waals surface area contributed by atoms with Crippen LogP contribution in [0.5, 0.6) is 0 Å². The summed E-state index contributed by atoms with van der Waals surface area (Å²) in [6.07, 6.45) is 0. The minimum absolute atomic E-state index is 0.190. The minimum Gasteiger partial charge on any atom is -0.395 e. The van der Waals surface area contributed by atoms with Crippen LogP contribution in [0, 0.1) is 6.92 Å². The van der Waals surface area contributed by atoms with Crippen LogP contribution in [0.25, 0.3) is 0 Å². The average molecular weight is 131 g/mol. The third-order valence-corrected chi connectivity index (χ3v) is 1.18. The lowest BCUT2D eigenvalue weighted by molar-refractivity contribution is 0.211. The lowest BCUT2D eigenvalue weighted by Crippen LogP contribution is -2.31. The topological polar surface area (TPSA) is 49.5 Å². The first-order chi connectivity index (χ1) is 4.35. The maximum Gasteiger partial charge on any atom is 0.0558 e. The molecule has 9 heavy (non-hydrogen) atoms. The van der Waals surface area contributed by atoms with E-state index in [4.69, 9.17) is 10.8 Å². The highest BCUT2D eigenvalue weighted by atomic mass is 16.3. The lowest BCUT2D eigenvalue weighted by atomic mass is 10.4. The molecule has 0 aromatic rings. The van der Waals surface area contributed by atoms with Crippen molar-refractivity contribution in [3.63, 3.8) is 0 Å². The van der Waals surface area contributed by atoms with Gasteiger partial charge >= 0.3 is 0 Å². The summed E-state index contributed by atoms with van der Waals surface area (Å²) in [5.74, 6) is 0. The fourth-order valence-electron chi connectivity index (χ4n) is 0.659. The molecule has 3 nitrogen and oxygen atoms in total.